The van der Waals surface area contributed by atoms with Crippen LogP contribution >= 0.6 is 0 Å². The molecule has 0 aliphatic heterocycles. The van der Waals surface area contributed by atoms with Gasteiger partial charge in [0.15, 0.2) is 0 Å². The van der Waals surface area contributed by atoms with Gasteiger partial charge in [0, 0.05) is 0 Å². The van der Waals surface area contributed by atoms with Gasteiger partial charge in [-0.05, 0) is 42.9 Å². The Balaban J connectivity index is 2.95. The van der Waals surface area contributed by atoms with Gasteiger partial charge in [0.05, 0.1) is 0 Å². The summed E-state index contributed by atoms with van der Waals surface area (Å²) in [5.74, 6) is 0.726. The molecular weight excluding hydrogens is 168 g/mol. The highest BCUT2D eigenvalue weighted by Gasteiger charge is 2.02. The molecule has 0 aliphatic carbocycles. The molecule has 1 aromatic carbocycles. The van der Waals surface area contributed by atoms with Crippen LogP contribution in [-0.4, -0.2) is 0 Å². The van der Waals surface area contributed by atoms with E-state index in [1.807, 2.05) is 0 Å². The maximum Gasteiger partial charge on any atom is -0.0230 e. The summed E-state index contributed by atoms with van der Waals surface area (Å²) in [7, 11) is 0. The molecule has 1 aromatic rings. The minimum absolute atomic E-state index is 0.726. The lowest BCUT2D eigenvalue weighted by atomic mass is 9.95. The molecule has 0 N–H and O–H groups in total. The Labute approximate surface area is 87.7 Å². The summed E-state index contributed by atoms with van der Waals surface area (Å²) in [6.07, 6.45) is 1.17. The molecule has 0 aliphatic rings. The minimum atomic E-state index is 0.726. The molecule has 0 amide bonds. The van der Waals surface area contributed by atoms with E-state index in [2.05, 4.69) is 52.5 Å². The summed E-state index contributed by atoms with van der Waals surface area (Å²) in [5, 5.41) is 0. The molecule has 0 radical (unpaired) electrons. The molecule has 0 heterocycles. The maximum absolute atomic E-state index is 3.96. The molecule has 1 rings (SSSR count). The van der Waals surface area contributed by atoms with Crippen LogP contribution in [0.25, 0.3) is 5.57 Å². The fourth-order valence-corrected chi connectivity index (χ4v) is 1.63. The molecule has 0 spiro atoms. The molecular formula is C14H20. The second-order valence-electron chi connectivity index (χ2n) is 4.52. The zero-order valence-electron chi connectivity index (χ0n) is 9.72. The lowest BCUT2D eigenvalue weighted by Gasteiger charge is -2.10. The molecule has 0 aromatic heterocycles. The Morgan fingerprint density at radius 2 is 2.00 bits per heavy atom. The van der Waals surface area contributed by atoms with Crippen LogP contribution in [0.5, 0.6) is 0 Å². The average Bonchev–Trinajstić information content (AvgIpc) is 2.07. The minimum Gasteiger partial charge on any atom is -0.0955 e. The first-order valence-electron chi connectivity index (χ1n) is 5.26. The first-order chi connectivity index (χ1) is 6.50. The van der Waals surface area contributed by atoms with Crippen LogP contribution in [0.2, 0.25) is 0 Å². The summed E-state index contributed by atoms with van der Waals surface area (Å²) in [6, 6.07) is 6.65. The van der Waals surface area contributed by atoms with Gasteiger partial charge in [-0.3, -0.25) is 0 Å². The van der Waals surface area contributed by atoms with E-state index < -0.39 is 0 Å². The van der Waals surface area contributed by atoms with Gasteiger partial charge in [-0.15, -0.1) is 0 Å². The van der Waals surface area contributed by atoms with Crippen LogP contribution in [0.1, 0.15) is 37.5 Å². The van der Waals surface area contributed by atoms with Gasteiger partial charge in [-0.25, -0.2) is 0 Å². The summed E-state index contributed by atoms with van der Waals surface area (Å²) < 4.78 is 0. The number of aryl methyl sites for hydroxylation is 1. The van der Waals surface area contributed by atoms with E-state index in [1.54, 1.807) is 0 Å². The molecule has 14 heavy (non-hydrogen) atoms. The Kier molecular flexibility index (Phi) is 3.51. The van der Waals surface area contributed by atoms with Crippen molar-refractivity contribution in [1.29, 1.82) is 0 Å². The van der Waals surface area contributed by atoms with Gasteiger partial charge >= 0.3 is 0 Å². The molecule has 0 bridgehead atoms. The zero-order chi connectivity index (χ0) is 10.7. The predicted octanol–water partition coefficient (Wildman–Crippen LogP) is 4.23. The van der Waals surface area contributed by atoms with Gasteiger partial charge < -0.3 is 0 Å². The number of hydrogen-bond acceptors (Lipinski definition) is 0. The third-order valence-electron chi connectivity index (χ3n) is 2.46. The van der Waals surface area contributed by atoms with Gasteiger partial charge in [0.1, 0.15) is 0 Å². The number of benzene rings is 1. The fraction of sp³-hybridized carbons (Fsp3) is 0.429. The van der Waals surface area contributed by atoms with Crippen LogP contribution in [0.15, 0.2) is 24.8 Å². The van der Waals surface area contributed by atoms with Crippen molar-refractivity contribution in [2.75, 3.05) is 0 Å². The van der Waals surface area contributed by atoms with E-state index >= 15 is 0 Å². The highest BCUT2D eigenvalue weighted by atomic mass is 14.1. The van der Waals surface area contributed by atoms with Crippen molar-refractivity contribution in [3.8, 4) is 0 Å². The van der Waals surface area contributed by atoms with Crippen LogP contribution in [0.4, 0.5) is 0 Å². The van der Waals surface area contributed by atoms with Crippen molar-refractivity contribution in [2.45, 2.75) is 34.1 Å². The topological polar surface area (TPSA) is 0 Å². The Hall–Kier alpha value is -1.04. The lowest BCUT2D eigenvalue weighted by molar-refractivity contribution is 0.645. The van der Waals surface area contributed by atoms with Crippen molar-refractivity contribution in [2.24, 2.45) is 5.92 Å². The molecule has 0 atom stereocenters. The van der Waals surface area contributed by atoms with E-state index in [-0.39, 0.29) is 0 Å². The van der Waals surface area contributed by atoms with E-state index in [0.29, 0.717) is 0 Å². The average molecular weight is 188 g/mol. The van der Waals surface area contributed by atoms with Gasteiger partial charge in [-0.2, -0.15) is 0 Å². The summed E-state index contributed by atoms with van der Waals surface area (Å²) in [6.45, 7) is 12.7. The molecule has 0 saturated carbocycles. The third-order valence-corrected chi connectivity index (χ3v) is 2.46. The summed E-state index contributed by atoms with van der Waals surface area (Å²) in [5.41, 5.74) is 5.25. The molecule has 0 nitrogen and oxygen atoms in total. The van der Waals surface area contributed by atoms with Crippen molar-refractivity contribution >= 4 is 5.57 Å². The normalized spacial score (nSPS) is 10.6. The molecule has 0 fully saturated rings. The number of allylic oxidation sites excluding steroid dienone is 1. The highest BCUT2D eigenvalue weighted by Crippen LogP contribution is 2.19. The molecule has 0 saturated heterocycles. The molecule has 76 valence electrons. The van der Waals surface area contributed by atoms with Crippen LogP contribution in [-0.2, 0) is 6.42 Å². The van der Waals surface area contributed by atoms with Crippen molar-refractivity contribution < 1.29 is 0 Å². The molecule has 0 unspecified atom stereocenters. The molecule has 0 heteroatoms. The fourth-order valence-electron chi connectivity index (χ4n) is 1.63. The van der Waals surface area contributed by atoms with Crippen molar-refractivity contribution in [3.05, 3.63) is 41.5 Å². The van der Waals surface area contributed by atoms with Crippen molar-refractivity contribution in [3.63, 3.8) is 0 Å². The van der Waals surface area contributed by atoms with E-state index in [9.17, 15) is 0 Å². The van der Waals surface area contributed by atoms with E-state index in [1.165, 1.54) is 23.1 Å². The van der Waals surface area contributed by atoms with Crippen molar-refractivity contribution in [1.82, 2.24) is 0 Å². The second kappa shape index (κ2) is 4.45. The number of rotatable bonds is 3. The van der Waals surface area contributed by atoms with Crippen LogP contribution in [0.3, 0.4) is 0 Å². The largest absolute Gasteiger partial charge is 0.0955 e. The first kappa shape index (κ1) is 11.0. The first-order valence-corrected chi connectivity index (χ1v) is 5.26. The zero-order valence-corrected chi connectivity index (χ0v) is 9.72. The Bertz CT molecular complexity index is 332. The quantitative estimate of drug-likeness (QED) is 0.666. The van der Waals surface area contributed by atoms with E-state index in [0.717, 1.165) is 11.5 Å². The number of hydrogen-bond donors (Lipinski definition) is 0. The Morgan fingerprint density at radius 3 is 2.43 bits per heavy atom. The Morgan fingerprint density at radius 1 is 1.36 bits per heavy atom. The van der Waals surface area contributed by atoms with Crippen LogP contribution in [0, 0.1) is 12.8 Å². The summed E-state index contributed by atoms with van der Waals surface area (Å²) in [4.78, 5) is 0. The van der Waals surface area contributed by atoms with Gasteiger partial charge in [0.25, 0.3) is 0 Å². The standard InChI is InChI=1S/C14H20/c1-10(2)8-14-7-6-13(11(3)4)9-12(14)5/h6-7,9-10H,3,8H2,1-2,4-5H3. The predicted molar refractivity (Wildman–Crippen MR) is 64.4 cm³/mol. The SMILES string of the molecule is C=C(C)c1ccc(CC(C)C)c(C)c1. The second-order valence-corrected chi connectivity index (χ2v) is 4.52. The van der Waals surface area contributed by atoms with Crippen LogP contribution < -0.4 is 0 Å². The smallest absolute Gasteiger partial charge is 0.0230 e. The van der Waals surface area contributed by atoms with E-state index in [4.69, 9.17) is 0 Å². The lowest BCUT2D eigenvalue weighted by Crippen LogP contribution is -1.97. The third kappa shape index (κ3) is 2.73. The maximum atomic E-state index is 3.96. The monoisotopic (exact) mass is 188 g/mol. The van der Waals surface area contributed by atoms with Gasteiger partial charge in [0.2, 0.25) is 0 Å². The van der Waals surface area contributed by atoms with Gasteiger partial charge in [-0.1, -0.05) is 44.2 Å². The highest BCUT2D eigenvalue weighted by molar-refractivity contribution is 5.62. The summed E-state index contributed by atoms with van der Waals surface area (Å²) >= 11 is 0.